The van der Waals surface area contributed by atoms with E-state index >= 15 is 0 Å². The van der Waals surface area contributed by atoms with Crippen LogP contribution in [0.25, 0.3) is 0 Å². The number of hydrogen-bond acceptors (Lipinski definition) is 4. The van der Waals surface area contributed by atoms with Crippen molar-refractivity contribution in [3.05, 3.63) is 65.2 Å². The van der Waals surface area contributed by atoms with Crippen LogP contribution in [0.15, 0.2) is 59.5 Å². The van der Waals surface area contributed by atoms with Gasteiger partial charge in [0.25, 0.3) is 0 Å². The Labute approximate surface area is 141 Å². The van der Waals surface area contributed by atoms with Crippen LogP contribution in [-0.2, 0) is 14.6 Å². The largest absolute Gasteiger partial charge is 0.383 e. The van der Waals surface area contributed by atoms with E-state index < -0.39 is 20.6 Å². The summed E-state index contributed by atoms with van der Waals surface area (Å²) in [6.07, 6.45) is 0. The van der Waals surface area contributed by atoms with Crippen molar-refractivity contribution in [2.24, 2.45) is 5.73 Å². The Morgan fingerprint density at radius 2 is 1.74 bits per heavy atom. The first kappa shape index (κ1) is 16.5. The van der Waals surface area contributed by atoms with Crippen LogP contribution < -0.4 is 5.73 Å². The highest BCUT2D eigenvalue weighted by Gasteiger charge is 2.69. The predicted octanol–water partition coefficient (Wildman–Crippen LogP) is 2.62. The van der Waals surface area contributed by atoms with Crippen LogP contribution in [0.3, 0.4) is 0 Å². The number of methoxy groups -OCH3 is 1. The third-order valence-corrected chi connectivity index (χ3v) is 6.89. The van der Waals surface area contributed by atoms with E-state index in [1.807, 2.05) is 12.1 Å². The second kappa shape index (κ2) is 5.91. The van der Waals surface area contributed by atoms with Crippen LogP contribution >= 0.6 is 11.6 Å². The second-order valence-electron chi connectivity index (χ2n) is 5.85. The van der Waals surface area contributed by atoms with Crippen LogP contribution in [0, 0.1) is 0 Å². The van der Waals surface area contributed by atoms with Crippen LogP contribution in [0.1, 0.15) is 11.5 Å². The van der Waals surface area contributed by atoms with E-state index in [1.165, 1.54) is 7.11 Å². The van der Waals surface area contributed by atoms with Crippen LogP contribution in [0.4, 0.5) is 0 Å². The van der Waals surface area contributed by atoms with Gasteiger partial charge >= 0.3 is 0 Å². The number of halogens is 1. The van der Waals surface area contributed by atoms with Gasteiger partial charge in [-0.25, -0.2) is 8.42 Å². The van der Waals surface area contributed by atoms with E-state index in [1.54, 1.807) is 42.5 Å². The molecule has 0 aromatic heterocycles. The van der Waals surface area contributed by atoms with E-state index in [4.69, 9.17) is 22.1 Å². The Balaban J connectivity index is 2.01. The molecule has 1 fully saturated rings. The molecule has 3 atom stereocenters. The van der Waals surface area contributed by atoms with Crippen LogP contribution in [-0.4, -0.2) is 32.9 Å². The van der Waals surface area contributed by atoms with Crippen molar-refractivity contribution in [2.45, 2.75) is 21.6 Å². The Bertz CT molecular complexity index is 792. The summed E-state index contributed by atoms with van der Waals surface area (Å²) in [5, 5.41) is -0.107. The highest BCUT2D eigenvalue weighted by Crippen LogP contribution is 2.55. The first-order chi connectivity index (χ1) is 10.9. The zero-order valence-corrected chi connectivity index (χ0v) is 14.2. The molecule has 0 heterocycles. The highest BCUT2D eigenvalue weighted by molar-refractivity contribution is 7.92. The standard InChI is InChI=1S/C17H18ClNO3S/c1-22-11-17(19)15(12-7-9-13(18)10-8-12)16(17)23(20,21)14-5-3-2-4-6-14/h2-10,15-16H,11,19H2,1H3/t15-,16-,17+/m0/s1. The third kappa shape index (κ3) is 2.78. The van der Waals surface area contributed by atoms with E-state index in [0.29, 0.717) is 5.02 Å². The number of sulfone groups is 1. The third-order valence-electron chi connectivity index (χ3n) is 4.33. The fourth-order valence-corrected chi connectivity index (χ4v) is 5.66. The van der Waals surface area contributed by atoms with Crippen molar-refractivity contribution in [2.75, 3.05) is 13.7 Å². The second-order valence-corrected chi connectivity index (χ2v) is 8.36. The molecule has 0 bridgehead atoms. The quantitative estimate of drug-likeness (QED) is 0.899. The van der Waals surface area contributed by atoms with E-state index in [9.17, 15) is 8.42 Å². The minimum Gasteiger partial charge on any atom is -0.383 e. The molecule has 23 heavy (non-hydrogen) atoms. The van der Waals surface area contributed by atoms with Crippen LogP contribution in [0.5, 0.6) is 0 Å². The SMILES string of the molecule is COC[C@@]1(N)[C@@H](c2ccc(Cl)cc2)[C@@H]1S(=O)(=O)c1ccccc1. The van der Waals surface area contributed by atoms with Gasteiger partial charge in [0.2, 0.25) is 0 Å². The summed E-state index contributed by atoms with van der Waals surface area (Å²) in [6, 6.07) is 15.5. The molecule has 1 aliphatic carbocycles. The molecule has 4 nitrogen and oxygen atoms in total. The average Bonchev–Trinajstić information content (AvgIpc) is 3.15. The number of ether oxygens (including phenoxy) is 1. The maximum atomic E-state index is 13.0. The predicted molar refractivity (Wildman–Crippen MR) is 90.4 cm³/mol. The summed E-state index contributed by atoms with van der Waals surface area (Å²) in [4.78, 5) is 0.285. The van der Waals surface area contributed by atoms with Crippen molar-refractivity contribution < 1.29 is 13.2 Å². The monoisotopic (exact) mass is 351 g/mol. The van der Waals surface area contributed by atoms with Gasteiger partial charge in [0.15, 0.2) is 9.84 Å². The summed E-state index contributed by atoms with van der Waals surface area (Å²) in [5.41, 5.74) is 6.33. The van der Waals surface area contributed by atoms with Crippen molar-refractivity contribution in [1.29, 1.82) is 0 Å². The maximum absolute atomic E-state index is 13.0. The molecular weight excluding hydrogens is 334 g/mol. The molecule has 0 aliphatic heterocycles. The molecule has 2 aromatic rings. The summed E-state index contributed by atoms with van der Waals surface area (Å²) in [7, 11) is -2.02. The molecule has 1 saturated carbocycles. The number of rotatable bonds is 5. The fourth-order valence-electron chi connectivity index (χ4n) is 3.22. The van der Waals surface area contributed by atoms with E-state index in [-0.39, 0.29) is 17.4 Å². The number of hydrogen-bond donors (Lipinski definition) is 1. The minimum absolute atomic E-state index is 0.178. The smallest absolute Gasteiger partial charge is 0.183 e. The van der Waals surface area contributed by atoms with Crippen molar-refractivity contribution in [1.82, 2.24) is 0 Å². The van der Waals surface area contributed by atoms with Gasteiger partial charge in [-0.2, -0.15) is 0 Å². The van der Waals surface area contributed by atoms with Crippen molar-refractivity contribution >= 4 is 21.4 Å². The maximum Gasteiger partial charge on any atom is 0.183 e. The number of nitrogens with two attached hydrogens (primary N) is 1. The van der Waals surface area contributed by atoms with Gasteiger partial charge in [0, 0.05) is 18.1 Å². The first-order valence-corrected chi connectivity index (χ1v) is 9.16. The Morgan fingerprint density at radius 1 is 1.13 bits per heavy atom. The molecule has 0 unspecified atom stereocenters. The van der Waals surface area contributed by atoms with Gasteiger partial charge in [-0.3, -0.25) is 0 Å². The summed E-state index contributed by atoms with van der Waals surface area (Å²) in [6.45, 7) is 0.178. The lowest BCUT2D eigenvalue weighted by Gasteiger charge is -2.11. The lowest BCUT2D eigenvalue weighted by molar-refractivity contribution is 0.171. The first-order valence-electron chi connectivity index (χ1n) is 7.23. The molecule has 0 amide bonds. The molecule has 0 spiro atoms. The molecular formula is C17H18ClNO3S. The average molecular weight is 352 g/mol. The lowest BCUT2D eigenvalue weighted by Crippen LogP contribution is -2.35. The molecule has 0 radical (unpaired) electrons. The molecule has 1 aliphatic rings. The topological polar surface area (TPSA) is 69.4 Å². The van der Waals surface area contributed by atoms with Gasteiger partial charge in [-0.05, 0) is 29.8 Å². The fraction of sp³-hybridized carbons (Fsp3) is 0.294. The summed E-state index contributed by atoms with van der Waals surface area (Å²) < 4.78 is 31.1. The van der Waals surface area contributed by atoms with Gasteiger partial charge < -0.3 is 10.5 Å². The Morgan fingerprint density at radius 3 is 2.30 bits per heavy atom. The summed E-state index contributed by atoms with van der Waals surface area (Å²) >= 11 is 5.92. The zero-order valence-electron chi connectivity index (χ0n) is 12.6. The molecule has 2 aromatic carbocycles. The van der Waals surface area contributed by atoms with E-state index in [0.717, 1.165) is 5.56 Å². The molecule has 3 rings (SSSR count). The molecule has 6 heteroatoms. The number of benzene rings is 2. The molecule has 2 N–H and O–H groups in total. The Hall–Kier alpha value is -1.40. The van der Waals surface area contributed by atoms with Gasteiger partial charge in [0.1, 0.15) is 0 Å². The normalized spacial score (nSPS) is 26.9. The Kier molecular flexibility index (Phi) is 4.23. The zero-order chi connectivity index (χ0) is 16.7. The van der Waals surface area contributed by atoms with Gasteiger partial charge in [0.05, 0.1) is 22.3 Å². The highest BCUT2D eigenvalue weighted by atomic mass is 35.5. The summed E-state index contributed by atoms with van der Waals surface area (Å²) in [5.74, 6) is -0.315. The molecule has 122 valence electrons. The minimum atomic E-state index is -3.54. The molecule has 0 saturated heterocycles. The van der Waals surface area contributed by atoms with Crippen LogP contribution in [0.2, 0.25) is 5.02 Å². The van der Waals surface area contributed by atoms with Gasteiger partial charge in [-0.1, -0.05) is 41.9 Å². The van der Waals surface area contributed by atoms with E-state index in [2.05, 4.69) is 0 Å². The lowest BCUT2D eigenvalue weighted by atomic mass is 10.1. The van der Waals surface area contributed by atoms with Crippen molar-refractivity contribution in [3.63, 3.8) is 0 Å². The van der Waals surface area contributed by atoms with Crippen molar-refractivity contribution in [3.8, 4) is 0 Å². The van der Waals surface area contributed by atoms with Gasteiger partial charge in [-0.15, -0.1) is 0 Å².